The summed E-state index contributed by atoms with van der Waals surface area (Å²) < 4.78 is 10.8. The first-order valence-corrected chi connectivity index (χ1v) is 6.74. The van der Waals surface area contributed by atoms with Gasteiger partial charge in [0.15, 0.2) is 6.04 Å². The van der Waals surface area contributed by atoms with E-state index in [1.165, 1.54) is 0 Å². The highest BCUT2D eigenvalue weighted by atomic mass is 16.6. The number of esters is 1. The van der Waals surface area contributed by atoms with E-state index in [0.29, 0.717) is 0 Å². The lowest BCUT2D eigenvalue weighted by Gasteiger charge is -2.27. The fourth-order valence-corrected chi connectivity index (χ4v) is 1.18. The Hall–Kier alpha value is -1.14. The molecule has 0 saturated carbocycles. The number of ether oxygens (including phenoxy) is 2. The SMILES string of the molecule is C[C@H](N)C(=O)N[C@@H](COC(C)(C)C)C(=O)OC(C)(C)C. The standard InChI is InChI=1S/C14H28N2O4/c1-9(15)11(17)16-10(8-19-13(2,3)4)12(18)20-14(5,6)7/h9-10H,8,15H2,1-7H3,(H,16,17)/t9-,10-/m0/s1. The molecule has 3 N–H and O–H groups in total. The molecule has 0 aromatic carbocycles. The maximum absolute atomic E-state index is 12.1. The van der Waals surface area contributed by atoms with Crippen molar-refractivity contribution in [2.45, 2.75) is 71.8 Å². The zero-order valence-electron chi connectivity index (χ0n) is 13.6. The summed E-state index contributed by atoms with van der Waals surface area (Å²) in [7, 11) is 0. The highest BCUT2D eigenvalue weighted by Crippen LogP contribution is 2.11. The third-order valence-electron chi connectivity index (χ3n) is 2.10. The Labute approximate surface area is 121 Å². The van der Waals surface area contributed by atoms with Gasteiger partial charge in [0.1, 0.15) is 5.60 Å². The van der Waals surface area contributed by atoms with Gasteiger partial charge in [0, 0.05) is 0 Å². The molecule has 1 amide bonds. The zero-order valence-corrected chi connectivity index (χ0v) is 13.6. The van der Waals surface area contributed by atoms with Gasteiger partial charge in [-0.1, -0.05) is 0 Å². The van der Waals surface area contributed by atoms with Crippen molar-refractivity contribution >= 4 is 11.9 Å². The first kappa shape index (κ1) is 18.9. The van der Waals surface area contributed by atoms with E-state index in [9.17, 15) is 9.59 Å². The molecular weight excluding hydrogens is 260 g/mol. The van der Waals surface area contributed by atoms with Crippen LogP contribution in [0.5, 0.6) is 0 Å². The van der Waals surface area contributed by atoms with Gasteiger partial charge in [-0.3, -0.25) is 4.79 Å². The summed E-state index contributed by atoms with van der Waals surface area (Å²) in [5.74, 6) is -0.950. The van der Waals surface area contributed by atoms with Gasteiger partial charge in [0.2, 0.25) is 5.91 Å². The molecule has 0 aromatic rings. The van der Waals surface area contributed by atoms with Gasteiger partial charge in [-0.15, -0.1) is 0 Å². The quantitative estimate of drug-likeness (QED) is 0.736. The van der Waals surface area contributed by atoms with Gasteiger partial charge < -0.3 is 20.5 Å². The lowest BCUT2D eigenvalue weighted by Crippen LogP contribution is -2.51. The number of nitrogens with one attached hydrogen (secondary N) is 1. The summed E-state index contributed by atoms with van der Waals surface area (Å²) in [4.78, 5) is 23.7. The molecule has 0 aromatic heterocycles. The maximum atomic E-state index is 12.1. The fraction of sp³-hybridized carbons (Fsp3) is 0.857. The van der Waals surface area contributed by atoms with Gasteiger partial charge in [0.05, 0.1) is 18.2 Å². The van der Waals surface area contributed by atoms with E-state index in [0.717, 1.165) is 0 Å². The predicted octanol–water partition coefficient (Wildman–Crippen LogP) is 0.975. The molecule has 0 fully saturated rings. The number of nitrogens with two attached hydrogens (primary N) is 1. The number of hydrogen-bond donors (Lipinski definition) is 2. The predicted molar refractivity (Wildman–Crippen MR) is 77.1 cm³/mol. The van der Waals surface area contributed by atoms with Gasteiger partial charge in [-0.05, 0) is 48.5 Å². The van der Waals surface area contributed by atoms with Crippen LogP contribution in [0.3, 0.4) is 0 Å². The molecule has 0 radical (unpaired) electrons. The molecule has 0 spiro atoms. The summed E-state index contributed by atoms with van der Waals surface area (Å²) >= 11 is 0. The number of carbonyl (C=O) groups excluding carboxylic acids is 2. The van der Waals surface area contributed by atoms with Crippen molar-refractivity contribution in [3.8, 4) is 0 Å². The van der Waals surface area contributed by atoms with Crippen molar-refractivity contribution in [2.24, 2.45) is 5.73 Å². The molecule has 0 aliphatic heterocycles. The summed E-state index contributed by atoms with van der Waals surface area (Å²) in [5.41, 5.74) is 4.44. The van der Waals surface area contributed by atoms with E-state index in [4.69, 9.17) is 15.2 Å². The largest absolute Gasteiger partial charge is 0.458 e. The Morgan fingerprint density at radius 3 is 1.95 bits per heavy atom. The Morgan fingerprint density at radius 2 is 1.60 bits per heavy atom. The highest BCUT2D eigenvalue weighted by Gasteiger charge is 2.29. The van der Waals surface area contributed by atoms with Crippen LogP contribution in [0.25, 0.3) is 0 Å². The van der Waals surface area contributed by atoms with E-state index in [2.05, 4.69) is 5.32 Å². The van der Waals surface area contributed by atoms with Gasteiger partial charge in [-0.2, -0.15) is 0 Å². The fourth-order valence-electron chi connectivity index (χ4n) is 1.18. The molecule has 0 aliphatic carbocycles. The van der Waals surface area contributed by atoms with Gasteiger partial charge >= 0.3 is 5.97 Å². The monoisotopic (exact) mass is 288 g/mol. The zero-order chi connectivity index (χ0) is 16.1. The minimum atomic E-state index is -0.869. The van der Waals surface area contributed by atoms with E-state index in [1.54, 1.807) is 27.7 Å². The average molecular weight is 288 g/mol. The molecule has 20 heavy (non-hydrogen) atoms. The molecule has 0 rings (SSSR count). The minimum absolute atomic E-state index is 0.0386. The number of rotatable bonds is 5. The van der Waals surface area contributed by atoms with Crippen LogP contribution in [0.4, 0.5) is 0 Å². The second-order valence-corrected chi connectivity index (χ2v) is 6.81. The molecule has 6 heteroatoms. The summed E-state index contributed by atoms with van der Waals surface area (Å²) in [6.07, 6.45) is 0. The van der Waals surface area contributed by atoms with Crippen LogP contribution in [-0.2, 0) is 19.1 Å². The topological polar surface area (TPSA) is 90.7 Å². The van der Waals surface area contributed by atoms with Crippen LogP contribution in [0.15, 0.2) is 0 Å². The van der Waals surface area contributed by atoms with Crippen LogP contribution in [0.2, 0.25) is 0 Å². The first-order valence-electron chi connectivity index (χ1n) is 6.74. The molecular formula is C14H28N2O4. The van der Waals surface area contributed by atoms with Crippen molar-refractivity contribution in [1.82, 2.24) is 5.32 Å². The van der Waals surface area contributed by atoms with Crippen LogP contribution in [0, 0.1) is 0 Å². The summed E-state index contributed by atoms with van der Waals surface area (Å²) in [5, 5.41) is 2.55. The molecule has 118 valence electrons. The second kappa shape index (κ2) is 7.04. The highest BCUT2D eigenvalue weighted by molar-refractivity contribution is 5.87. The third-order valence-corrected chi connectivity index (χ3v) is 2.10. The number of carbonyl (C=O) groups is 2. The summed E-state index contributed by atoms with van der Waals surface area (Å²) in [6, 6.07) is -1.57. The number of hydrogen-bond acceptors (Lipinski definition) is 5. The molecule has 0 unspecified atom stereocenters. The average Bonchev–Trinajstić information content (AvgIpc) is 2.19. The van der Waals surface area contributed by atoms with E-state index >= 15 is 0 Å². The van der Waals surface area contributed by atoms with Crippen molar-refractivity contribution in [1.29, 1.82) is 0 Å². The normalized spacial score (nSPS) is 15.4. The van der Waals surface area contributed by atoms with E-state index in [-0.39, 0.29) is 6.61 Å². The lowest BCUT2D eigenvalue weighted by molar-refractivity contribution is -0.162. The Kier molecular flexibility index (Phi) is 6.64. The van der Waals surface area contributed by atoms with Gasteiger partial charge in [-0.25, -0.2) is 4.79 Å². The second-order valence-electron chi connectivity index (χ2n) is 6.81. The van der Waals surface area contributed by atoms with E-state index in [1.807, 2.05) is 20.8 Å². The Bertz CT molecular complexity index is 340. The van der Waals surface area contributed by atoms with Gasteiger partial charge in [0.25, 0.3) is 0 Å². The molecule has 0 saturated heterocycles. The van der Waals surface area contributed by atoms with Crippen LogP contribution >= 0.6 is 0 Å². The third kappa shape index (κ3) is 8.87. The smallest absolute Gasteiger partial charge is 0.331 e. The van der Waals surface area contributed by atoms with Crippen molar-refractivity contribution in [2.75, 3.05) is 6.61 Å². The molecule has 0 bridgehead atoms. The van der Waals surface area contributed by atoms with Crippen LogP contribution < -0.4 is 11.1 Å². The van der Waals surface area contributed by atoms with Crippen molar-refractivity contribution < 1.29 is 19.1 Å². The van der Waals surface area contributed by atoms with Crippen LogP contribution in [-0.4, -0.2) is 41.8 Å². The van der Waals surface area contributed by atoms with E-state index < -0.39 is 35.2 Å². The molecule has 6 nitrogen and oxygen atoms in total. The first-order chi connectivity index (χ1) is 8.82. The maximum Gasteiger partial charge on any atom is 0.331 e. The molecule has 0 heterocycles. The Balaban J connectivity index is 4.78. The van der Waals surface area contributed by atoms with Crippen molar-refractivity contribution in [3.05, 3.63) is 0 Å². The van der Waals surface area contributed by atoms with Crippen molar-refractivity contribution in [3.63, 3.8) is 0 Å². The molecule has 2 atom stereocenters. The lowest BCUT2D eigenvalue weighted by atomic mass is 10.1. The Morgan fingerprint density at radius 1 is 1.10 bits per heavy atom. The van der Waals surface area contributed by atoms with Crippen LogP contribution in [0.1, 0.15) is 48.5 Å². The number of amides is 1. The summed E-state index contributed by atoms with van der Waals surface area (Å²) in [6.45, 7) is 12.5. The molecule has 0 aliphatic rings. The minimum Gasteiger partial charge on any atom is -0.458 e.